The molecule has 2 atom stereocenters. The Morgan fingerprint density at radius 1 is 1.15 bits per heavy atom. The Hall–Kier alpha value is -2.76. The first-order valence-corrected chi connectivity index (χ1v) is 11.8. The van der Waals surface area contributed by atoms with Crippen molar-refractivity contribution < 1.29 is 22.8 Å². The Morgan fingerprint density at radius 3 is 2.32 bits per heavy atom. The number of hydrogen-bond donors (Lipinski definition) is 1. The quantitative estimate of drug-likeness (QED) is 0.709. The first kappa shape index (κ1) is 25.9. The molecule has 0 spiro atoms. The summed E-state index contributed by atoms with van der Waals surface area (Å²) in [5.74, 6) is -0.0802. The van der Waals surface area contributed by atoms with E-state index in [1.807, 2.05) is 32.6 Å². The Balaban J connectivity index is 1.74. The van der Waals surface area contributed by atoms with E-state index in [0.717, 1.165) is 18.9 Å². The number of nitriles is 1. The number of carbonyl (C=O) groups is 2. The number of likely N-dealkylation sites (tertiary alicyclic amines) is 1. The number of benzene rings is 1. The molecule has 186 valence electrons. The van der Waals surface area contributed by atoms with Crippen molar-refractivity contribution in [2.45, 2.75) is 46.7 Å². The molecule has 0 aromatic heterocycles. The zero-order valence-corrected chi connectivity index (χ0v) is 20.2. The third-order valence-electron chi connectivity index (χ3n) is 6.92. The Labute approximate surface area is 199 Å². The summed E-state index contributed by atoms with van der Waals surface area (Å²) in [5.41, 5.74) is -1.39. The van der Waals surface area contributed by atoms with Gasteiger partial charge in [-0.2, -0.15) is 18.4 Å². The average Bonchev–Trinajstić information content (AvgIpc) is 3.22. The van der Waals surface area contributed by atoms with Crippen molar-refractivity contribution in [2.24, 2.45) is 23.2 Å². The van der Waals surface area contributed by atoms with Crippen LogP contribution in [0.3, 0.4) is 0 Å². The lowest BCUT2D eigenvalue weighted by Crippen LogP contribution is -2.41. The first-order valence-electron chi connectivity index (χ1n) is 11.8. The highest BCUT2D eigenvalue weighted by molar-refractivity contribution is 5.85. The summed E-state index contributed by atoms with van der Waals surface area (Å²) in [6, 6.07) is 5.45. The largest absolute Gasteiger partial charge is 0.417 e. The number of halogens is 3. The van der Waals surface area contributed by atoms with Crippen molar-refractivity contribution >= 4 is 17.5 Å². The molecule has 0 unspecified atom stereocenters. The first-order chi connectivity index (χ1) is 15.9. The van der Waals surface area contributed by atoms with Crippen LogP contribution in [-0.4, -0.2) is 49.4 Å². The van der Waals surface area contributed by atoms with Gasteiger partial charge in [-0.25, -0.2) is 0 Å². The van der Waals surface area contributed by atoms with Crippen LogP contribution in [0.15, 0.2) is 18.2 Å². The zero-order valence-electron chi connectivity index (χ0n) is 20.2. The topological polar surface area (TPSA) is 76.4 Å². The van der Waals surface area contributed by atoms with Crippen LogP contribution < -0.4 is 10.2 Å². The van der Waals surface area contributed by atoms with Crippen molar-refractivity contribution in [2.75, 3.05) is 37.6 Å². The Bertz CT molecular complexity index is 956. The molecule has 1 aromatic carbocycles. The van der Waals surface area contributed by atoms with Gasteiger partial charge in [0.1, 0.15) is 0 Å². The summed E-state index contributed by atoms with van der Waals surface area (Å²) in [4.78, 5) is 29.4. The van der Waals surface area contributed by atoms with E-state index in [1.54, 1.807) is 17.0 Å². The van der Waals surface area contributed by atoms with Gasteiger partial charge in [-0.3, -0.25) is 9.59 Å². The number of rotatable bonds is 4. The number of piperidine rings is 1. The molecule has 2 heterocycles. The maximum Gasteiger partial charge on any atom is 0.417 e. The van der Waals surface area contributed by atoms with Gasteiger partial charge in [-0.1, -0.05) is 20.8 Å². The van der Waals surface area contributed by atoms with Gasteiger partial charge in [-0.05, 0) is 49.8 Å². The standard InChI is InChI=1S/C25H33F3N4O2/c1-5-30-22(33)20-15-32(23(34)24(2,3)4)14-19(20)16-8-10-31(11-9-16)18-7-6-17(13-29)21(12-18)25(26,27)28/h6-7,12,16,19-20H,5,8-11,14-15H2,1-4H3,(H,30,33)/t19-,20+/m0/s1. The lowest BCUT2D eigenvalue weighted by Gasteiger charge is -2.37. The van der Waals surface area contributed by atoms with E-state index in [9.17, 15) is 22.8 Å². The highest BCUT2D eigenvalue weighted by atomic mass is 19.4. The van der Waals surface area contributed by atoms with Crippen LogP contribution in [0.25, 0.3) is 0 Å². The minimum absolute atomic E-state index is 0.0201. The van der Waals surface area contributed by atoms with Gasteiger partial charge in [0.2, 0.25) is 11.8 Å². The maximum absolute atomic E-state index is 13.4. The van der Waals surface area contributed by atoms with Gasteiger partial charge in [-0.15, -0.1) is 0 Å². The molecule has 2 saturated heterocycles. The molecular weight excluding hydrogens is 445 g/mol. The second-order valence-electron chi connectivity index (χ2n) is 10.3. The van der Waals surface area contributed by atoms with Crippen molar-refractivity contribution in [3.05, 3.63) is 29.3 Å². The number of amides is 2. The Kier molecular flexibility index (Phi) is 7.49. The third-order valence-corrected chi connectivity index (χ3v) is 6.92. The molecular formula is C25H33F3N4O2. The number of nitrogens with zero attached hydrogens (tertiary/aromatic N) is 3. The predicted molar refractivity (Wildman–Crippen MR) is 123 cm³/mol. The van der Waals surface area contributed by atoms with Gasteiger partial charge in [0.15, 0.2) is 0 Å². The van der Waals surface area contributed by atoms with Crippen LogP contribution in [0, 0.1) is 34.5 Å². The minimum Gasteiger partial charge on any atom is -0.372 e. The van der Waals surface area contributed by atoms with Crippen LogP contribution in [-0.2, 0) is 15.8 Å². The summed E-state index contributed by atoms with van der Waals surface area (Å²) in [6.45, 7) is 10.0. The fourth-order valence-corrected chi connectivity index (χ4v) is 5.18. The second-order valence-corrected chi connectivity index (χ2v) is 10.3. The lowest BCUT2D eigenvalue weighted by atomic mass is 9.78. The molecule has 0 radical (unpaired) electrons. The van der Waals surface area contributed by atoms with E-state index in [2.05, 4.69) is 5.32 Å². The van der Waals surface area contributed by atoms with Crippen molar-refractivity contribution in [3.63, 3.8) is 0 Å². The van der Waals surface area contributed by atoms with Crippen LogP contribution in [0.2, 0.25) is 0 Å². The average molecular weight is 479 g/mol. The van der Waals surface area contributed by atoms with Gasteiger partial charge in [0, 0.05) is 43.8 Å². The monoisotopic (exact) mass is 478 g/mol. The maximum atomic E-state index is 13.4. The zero-order chi connectivity index (χ0) is 25.3. The normalized spacial score (nSPS) is 21.9. The van der Waals surface area contributed by atoms with E-state index in [1.165, 1.54) is 6.07 Å². The minimum atomic E-state index is -4.59. The number of hydrogen-bond acceptors (Lipinski definition) is 4. The van der Waals surface area contributed by atoms with E-state index in [-0.39, 0.29) is 35.1 Å². The number of anilines is 1. The van der Waals surface area contributed by atoms with E-state index in [0.29, 0.717) is 38.4 Å². The predicted octanol–water partition coefficient (Wildman–Crippen LogP) is 4.05. The number of alkyl halides is 3. The van der Waals surface area contributed by atoms with Crippen LogP contribution >= 0.6 is 0 Å². The molecule has 1 aromatic rings. The molecule has 2 aliphatic rings. The molecule has 34 heavy (non-hydrogen) atoms. The highest BCUT2D eigenvalue weighted by Crippen LogP contribution is 2.39. The molecule has 2 amide bonds. The molecule has 2 fully saturated rings. The van der Waals surface area contributed by atoms with Gasteiger partial charge in [0.05, 0.1) is 23.1 Å². The van der Waals surface area contributed by atoms with Crippen molar-refractivity contribution in [1.82, 2.24) is 10.2 Å². The number of nitrogens with one attached hydrogen (secondary N) is 1. The Morgan fingerprint density at radius 2 is 1.79 bits per heavy atom. The second kappa shape index (κ2) is 9.85. The molecule has 3 rings (SSSR count). The molecule has 0 aliphatic carbocycles. The fourth-order valence-electron chi connectivity index (χ4n) is 5.18. The van der Waals surface area contributed by atoms with E-state index < -0.39 is 17.2 Å². The fraction of sp³-hybridized carbons (Fsp3) is 0.640. The van der Waals surface area contributed by atoms with Crippen LogP contribution in [0.1, 0.15) is 51.7 Å². The van der Waals surface area contributed by atoms with Gasteiger partial charge < -0.3 is 15.1 Å². The third kappa shape index (κ3) is 5.48. The summed E-state index contributed by atoms with van der Waals surface area (Å²) in [6.07, 6.45) is -3.15. The van der Waals surface area contributed by atoms with E-state index >= 15 is 0 Å². The highest BCUT2D eigenvalue weighted by Gasteiger charge is 2.45. The summed E-state index contributed by atoms with van der Waals surface area (Å²) >= 11 is 0. The molecule has 0 saturated carbocycles. The van der Waals surface area contributed by atoms with Crippen LogP contribution in [0.4, 0.5) is 18.9 Å². The van der Waals surface area contributed by atoms with Crippen LogP contribution in [0.5, 0.6) is 0 Å². The van der Waals surface area contributed by atoms with Gasteiger partial charge >= 0.3 is 6.18 Å². The van der Waals surface area contributed by atoms with Crippen molar-refractivity contribution in [1.29, 1.82) is 5.26 Å². The van der Waals surface area contributed by atoms with Gasteiger partial charge in [0.25, 0.3) is 0 Å². The summed E-state index contributed by atoms with van der Waals surface area (Å²) in [7, 11) is 0. The van der Waals surface area contributed by atoms with Crippen molar-refractivity contribution in [3.8, 4) is 6.07 Å². The van der Waals surface area contributed by atoms with E-state index in [4.69, 9.17) is 5.26 Å². The molecule has 6 nitrogen and oxygen atoms in total. The number of carbonyl (C=O) groups excluding carboxylic acids is 2. The lowest BCUT2D eigenvalue weighted by molar-refractivity contribution is -0.139. The molecule has 0 bridgehead atoms. The summed E-state index contributed by atoms with van der Waals surface area (Å²) in [5, 5.41) is 11.9. The molecule has 2 aliphatic heterocycles. The summed E-state index contributed by atoms with van der Waals surface area (Å²) < 4.78 is 40.1. The molecule has 1 N–H and O–H groups in total. The molecule has 9 heteroatoms. The smallest absolute Gasteiger partial charge is 0.372 e. The SMILES string of the molecule is CCNC(=O)[C@@H]1CN(C(=O)C(C)(C)C)C[C@H]1C1CCN(c2ccc(C#N)c(C(F)(F)F)c2)CC1.